The summed E-state index contributed by atoms with van der Waals surface area (Å²) >= 11 is 0. The molecule has 32 heavy (non-hydrogen) atoms. The van der Waals surface area contributed by atoms with Crippen molar-refractivity contribution in [3.05, 3.63) is 29.8 Å². The highest BCUT2D eigenvalue weighted by molar-refractivity contribution is 5.95. The number of nitrogens with one attached hydrogen (secondary N) is 1. The van der Waals surface area contributed by atoms with Crippen LogP contribution >= 0.6 is 0 Å². The van der Waals surface area contributed by atoms with Crippen LogP contribution in [0.4, 0.5) is 0 Å². The Balaban J connectivity index is 2.22. The number of amides is 5. The Kier molecular flexibility index (Phi) is 8.16. The average molecular weight is 447 g/mol. The number of carbonyl (C=O) groups excluding carboxylic acids is 5. The molecule has 174 valence electrons. The molecule has 2 rings (SSSR count). The van der Waals surface area contributed by atoms with Crippen molar-refractivity contribution >= 4 is 29.5 Å². The van der Waals surface area contributed by atoms with Crippen molar-refractivity contribution < 1.29 is 29.1 Å². The maximum Gasteiger partial charge on any atom is 0.246 e. The molecule has 1 saturated heterocycles. The van der Waals surface area contributed by atoms with E-state index in [-0.39, 0.29) is 12.2 Å². The normalized spacial score (nSPS) is 17.3. The van der Waals surface area contributed by atoms with Crippen LogP contribution in [-0.2, 0) is 30.4 Å². The van der Waals surface area contributed by atoms with Crippen LogP contribution in [0, 0.1) is 0 Å². The van der Waals surface area contributed by atoms with E-state index in [9.17, 15) is 29.1 Å². The Morgan fingerprint density at radius 1 is 1.19 bits per heavy atom. The van der Waals surface area contributed by atoms with Crippen molar-refractivity contribution in [1.82, 2.24) is 15.1 Å². The van der Waals surface area contributed by atoms with E-state index < -0.39 is 54.1 Å². The lowest BCUT2D eigenvalue weighted by Crippen LogP contribution is -2.57. The molecule has 0 spiro atoms. The highest BCUT2D eigenvalue weighted by Gasteiger charge is 2.40. The summed E-state index contributed by atoms with van der Waals surface area (Å²) in [6.45, 7) is 1.59. The summed E-state index contributed by atoms with van der Waals surface area (Å²) in [6.07, 6.45) is 0.660. The molecule has 5 amide bonds. The number of carbonyl (C=O) groups is 5. The largest absolute Gasteiger partial charge is 0.508 e. The van der Waals surface area contributed by atoms with Crippen LogP contribution in [0.25, 0.3) is 0 Å². The molecule has 1 aromatic carbocycles. The summed E-state index contributed by atoms with van der Waals surface area (Å²) < 4.78 is 0. The lowest BCUT2D eigenvalue weighted by Gasteiger charge is -2.33. The Hall–Kier alpha value is -3.63. The summed E-state index contributed by atoms with van der Waals surface area (Å²) in [4.78, 5) is 63.5. The fourth-order valence-corrected chi connectivity index (χ4v) is 3.81. The van der Waals surface area contributed by atoms with Crippen molar-refractivity contribution in [2.45, 2.75) is 50.7 Å². The van der Waals surface area contributed by atoms with Crippen molar-refractivity contribution in [3.8, 4) is 5.75 Å². The quantitative estimate of drug-likeness (QED) is 0.362. The van der Waals surface area contributed by atoms with Crippen molar-refractivity contribution in [2.24, 2.45) is 11.5 Å². The zero-order chi connectivity index (χ0) is 24.0. The molecule has 0 bridgehead atoms. The Labute approximate surface area is 185 Å². The highest BCUT2D eigenvalue weighted by Crippen LogP contribution is 2.22. The number of phenolic OH excluding ortho intramolecular Hbond substituents is 1. The molecule has 1 aromatic rings. The summed E-state index contributed by atoms with van der Waals surface area (Å²) in [5.41, 5.74) is 11.2. The van der Waals surface area contributed by atoms with E-state index in [1.807, 2.05) is 0 Å². The van der Waals surface area contributed by atoms with Gasteiger partial charge in [-0.1, -0.05) is 12.1 Å². The van der Waals surface area contributed by atoms with Crippen LogP contribution < -0.4 is 16.8 Å². The number of nitrogens with zero attached hydrogens (tertiary/aromatic N) is 2. The third kappa shape index (κ3) is 6.19. The molecule has 1 fully saturated rings. The first-order valence-corrected chi connectivity index (χ1v) is 10.2. The van der Waals surface area contributed by atoms with Crippen LogP contribution in [0.2, 0.25) is 0 Å². The number of hydrogen-bond acceptors (Lipinski definition) is 6. The minimum absolute atomic E-state index is 0.0735. The zero-order valence-corrected chi connectivity index (χ0v) is 18.1. The van der Waals surface area contributed by atoms with Gasteiger partial charge in [0, 0.05) is 26.9 Å². The fraction of sp³-hybridized carbons (Fsp3) is 0.476. The van der Waals surface area contributed by atoms with E-state index in [0.717, 1.165) is 4.90 Å². The van der Waals surface area contributed by atoms with Crippen LogP contribution in [0.1, 0.15) is 31.7 Å². The predicted octanol–water partition coefficient (Wildman–Crippen LogP) is -1.38. The van der Waals surface area contributed by atoms with Gasteiger partial charge >= 0.3 is 0 Å². The van der Waals surface area contributed by atoms with E-state index in [1.165, 1.54) is 31.0 Å². The summed E-state index contributed by atoms with van der Waals surface area (Å²) in [6, 6.07) is 3.22. The summed E-state index contributed by atoms with van der Waals surface area (Å²) in [7, 11) is 1.34. The van der Waals surface area contributed by atoms with Crippen LogP contribution in [-0.4, -0.2) is 76.2 Å². The molecule has 1 heterocycles. The monoisotopic (exact) mass is 447 g/mol. The second kappa shape index (κ2) is 10.6. The van der Waals surface area contributed by atoms with Gasteiger partial charge in [-0.3, -0.25) is 24.0 Å². The lowest BCUT2D eigenvalue weighted by atomic mass is 10.0. The third-order valence-electron chi connectivity index (χ3n) is 5.41. The van der Waals surface area contributed by atoms with E-state index >= 15 is 0 Å². The molecule has 0 aliphatic carbocycles. The first-order valence-electron chi connectivity index (χ1n) is 10.2. The lowest BCUT2D eigenvalue weighted by molar-refractivity contribution is -0.148. The van der Waals surface area contributed by atoms with Crippen molar-refractivity contribution in [1.29, 1.82) is 0 Å². The van der Waals surface area contributed by atoms with E-state index in [0.29, 0.717) is 24.9 Å². The predicted molar refractivity (Wildman–Crippen MR) is 114 cm³/mol. The number of likely N-dealkylation sites (tertiary alicyclic amines) is 1. The van der Waals surface area contributed by atoms with Gasteiger partial charge in [0.15, 0.2) is 0 Å². The van der Waals surface area contributed by atoms with Crippen LogP contribution in [0.5, 0.6) is 5.75 Å². The summed E-state index contributed by atoms with van der Waals surface area (Å²) in [5.74, 6) is -2.97. The Morgan fingerprint density at radius 2 is 1.81 bits per heavy atom. The summed E-state index contributed by atoms with van der Waals surface area (Å²) in [5, 5.41) is 12.1. The smallest absolute Gasteiger partial charge is 0.246 e. The third-order valence-corrected chi connectivity index (χ3v) is 5.41. The van der Waals surface area contributed by atoms with E-state index in [1.54, 1.807) is 12.1 Å². The topological polar surface area (TPSA) is 176 Å². The molecule has 0 aromatic heterocycles. The second-order valence-electron chi connectivity index (χ2n) is 7.85. The maximum atomic E-state index is 13.3. The number of hydrogen-bond donors (Lipinski definition) is 4. The van der Waals surface area contributed by atoms with Gasteiger partial charge in [0.05, 0.1) is 6.42 Å². The second-order valence-corrected chi connectivity index (χ2v) is 7.85. The van der Waals surface area contributed by atoms with Gasteiger partial charge in [0.2, 0.25) is 29.5 Å². The molecule has 1 aliphatic heterocycles. The fourth-order valence-electron chi connectivity index (χ4n) is 3.81. The molecule has 3 atom stereocenters. The molecule has 0 unspecified atom stereocenters. The van der Waals surface area contributed by atoms with Gasteiger partial charge in [0.25, 0.3) is 0 Å². The molecular formula is C21H29N5O6. The standard InChI is InChI=1S/C21H29N5O6/c1-12(27)24-15(10-13-5-7-14(28)8-6-13)20(31)26-9-3-4-16(26)21(32)25(2)17(19(23)30)11-18(22)29/h5-8,15-17,28H,3-4,9-11H2,1-2H3,(H2,22,29)(H2,23,30)(H,24,27)/t15-,16-,17-/m0/s1. The number of likely N-dealkylation sites (N-methyl/N-ethyl adjacent to an activating group) is 1. The first-order chi connectivity index (χ1) is 15.0. The van der Waals surface area contributed by atoms with Crippen LogP contribution in [0.3, 0.4) is 0 Å². The van der Waals surface area contributed by atoms with Gasteiger partial charge in [-0.2, -0.15) is 0 Å². The van der Waals surface area contributed by atoms with E-state index in [2.05, 4.69) is 5.32 Å². The maximum absolute atomic E-state index is 13.3. The molecule has 6 N–H and O–H groups in total. The number of rotatable bonds is 9. The van der Waals surface area contributed by atoms with Crippen LogP contribution in [0.15, 0.2) is 24.3 Å². The average Bonchev–Trinajstić information content (AvgIpc) is 3.20. The van der Waals surface area contributed by atoms with Gasteiger partial charge in [-0.05, 0) is 30.5 Å². The minimum atomic E-state index is -1.22. The minimum Gasteiger partial charge on any atom is -0.508 e. The molecule has 1 aliphatic rings. The molecule has 0 radical (unpaired) electrons. The number of primary amides is 2. The van der Waals surface area contributed by atoms with Gasteiger partial charge in [0.1, 0.15) is 23.9 Å². The molecular weight excluding hydrogens is 418 g/mol. The SMILES string of the molecule is CC(=O)N[C@@H](Cc1ccc(O)cc1)C(=O)N1CCC[C@H]1C(=O)N(C)[C@@H](CC(N)=O)C(N)=O. The Morgan fingerprint density at radius 3 is 2.34 bits per heavy atom. The number of aromatic hydroxyl groups is 1. The molecule has 11 heteroatoms. The number of nitrogens with two attached hydrogens (primary N) is 2. The van der Waals surface area contributed by atoms with Crippen molar-refractivity contribution in [2.75, 3.05) is 13.6 Å². The zero-order valence-electron chi connectivity index (χ0n) is 18.1. The molecule has 11 nitrogen and oxygen atoms in total. The first kappa shape index (κ1) is 24.6. The van der Waals surface area contributed by atoms with E-state index in [4.69, 9.17) is 11.5 Å². The van der Waals surface area contributed by atoms with Gasteiger partial charge < -0.3 is 31.7 Å². The molecule has 0 saturated carbocycles. The number of benzene rings is 1. The highest BCUT2D eigenvalue weighted by atomic mass is 16.3. The number of phenols is 1. The van der Waals surface area contributed by atoms with Gasteiger partial charge in [-0.15, -0.1) is 0 Å². The Bertz CT molecular complexity index is 887. The van der Waals surface area contributed by atoms with Crippen molar-refractivity contribution in [3.63, 3.8) is 0 Å². The van der Waals surface area contributed by atoms with Gasteiger partial charge in [-0.25, -0.2) is 0 Å².